The summed E-state index contributed by atoms with van der Waals surface area (Å²) in [7, 11) is 1.71. The Balaban J connectivity index is 1.75. The molecule has 0 amide bonds. The molecule has 3 aromatic heterocycles. The van der Waals surface area contributed by atoms with E-state index in [2.05, 4.69) is 24.4 Å². The maximum Gasteiger partial charge on any atom is 0.340 e. The minimum atomic E-state index is -0.513. The summed E-state index contributed by atoms with van der Waals surface area (Å²) in [5.41, 5.74) is 2.28. The Kier molecular flexibility index (Phi) is 6.85. The molecule has 33 heavy (non-hydrogen) atoms. The lowest BCUT2D eigenvalue weighted by molar-refractivity contribution is 0.437. The lowest BCUT2D eigenvalue weighted by Crippen LogP contribution is -2.14. The van der Waals surface area contributed by atoms with Gasteiger partial charge in [0.05, 0.1) is 0 Å². The van der Waals surface area contributed by atoms with Crippen molar-refractivity contribution in [2.75, 3.05) is 11.8 Å². The molecule has 0 spiro atoms. The van der Waals surface area contributed by atoms with Crippen molar-refractivity contribution >= 4 is 28.9 Å². The molecule has 0 aliphatic rings. The molecule has 0 saturated heterocycles. The fourth-order valence-corrected chi connectivity index (χ4v) is 3.89. The molecule has 8 nitrogen and oxygen atoms in total. The second kappa shape index (κ2) is 9.97. The van der Waals surface area contributed by atoms with E-state index in [1.807, 2.05) is 19.9 Å². The predicted molar refractivity (Wildman–Crippen MR) is 126 cm³/mol. The van der Waals surface area contributed by atoms with Crippen molar-refractivity contribution in [2.24, 2.45) is 0 Å². The number of fused-ring (bicyclic) bond motifs is 1. The van der Waals surface area contributed by atoms with Gasteiger partial charge < -0.3 is 9.15 Å². The van der Waals surface area contributed by atoms with E-state index >= 15 is 0 Å². The highest BCUT2D eigenvalue weighted by atomic mass is 32.2. The van der Waals surface area contributed by atoms with E-state index in [0.29, 0.717) is 28.9 Å². The number of benzene rings is 1. The van der Waals surface area contributed by atoms with Gasteiger partial charge in [-0.3, -0.25) is 4.72 Å². The molecule has 0 unspecified atom stereocenters. The topological polar surface area (TPSA) is 102 Å². The number of pyridine rings is 1. The number of aromatic nitrogens is 3. The molecule has 4 aromatic rings. The van der Waals surface area contributed by atoms with Gasteiger partial charge in [0.2, 0.25) is 0 Å². The van der Waals surface area contributed by atoms with Crippen molar-refractivity contribution in [2.45, 2.75) is 26.7 Å². The number of nitrogens with zero attached hydrogens (tertiary/aromatic N) is 3. The number of rotatable bonds is 8. The van der Waals surface area contributed by atoms with Crippen LogP contribution in [-0.2, 0) is 12.8 Å². The van der Waals surface area contributed by atoms with Crippen molar-refractivity contribution in [3.05, 3.63) is 81.3 Å². The zero-order chi connectivity index (χ0) is 23.4. The van der Waals surface area contributed by atoms with E-state index in [-0.39, 0.29) is 18.2 Å². The van der Waals surface area contributed by atoms with Gasteiger partial charge in [0.15, 0.2) is 11.6 Å². The van der Waals surface area contributed by atoms with Crippen LogP contribution in [0.5, 0.6) is 11.8 Å². The van der Waals surface area contributed by atoms with Crippen molar-refractivity contribution in [3.8, 4) is 11.8 Å². The first kappa shape index (κ1) is 22.7. The molecule has 170 valence electrons. The number of hydrogen-bond donors (Lipinski definition) is 2. The van der Waals surface area contributed by atoms with Crippen molar-refractivity contribution in [3.63, 3.8) is 0 Å². The number of nitrogens with one attached hydrogen (secondary N) is 2. The molecule has 1 aromatic carbocycles. The Morgan fingerprint density at radius 3 is 2.67 bits per heavy atom. The molecule has 0 aliphatic carbocycles. The van der Waals surface area contributed by atoms with E-state index in [0.717, 1.165) is 28.6 Å². The molecule has 3 heterocycles. The van der Waals surface area contributed by atoms with Crippen LogP contribution < -0.4 is 19.8 Å². The van der Waals surface area contributed by atoms with E-state index in [9.17, 15) is 9.18 Å². The number of halogens is 1. The van der Waals surface area contributed by atoms with Gasteiger partial charge in [0.1, 0.15) is 11.3 Å². The van der Waals surface area contributed by atoms with Crippen LogP contribution >= 0.6 is 12.1 Å². The van der Waals surface area contributed by atoms with Crippen LogP contribution in [-0.4, -0.2) is 22.0 Å². The first-order valence-electron chi connectivity index (χ1n) is 10.3. The van der Waals surface area contributed by atoms with E-state index < -0.39 is 11.4 Å². The van der Waals surface area contributed by atoms with Gasteiger partial charge in [-0.15, -0.1) is 0 Å². The Morgan fingerprint density at radius 2 is 1.94 bits per heavy atom. The van der Waals surface area contributed by atoms with Gasteiger partial charge in [-0.05, 0) is 55.3 Å². The van der Waals surface area contributed by atoms with Crippen LogP contribution in [0.4, 0.5) is 10.2 Å². The summed E-state index contributed by atoms with van der Waals surface area (Å²) < 4.78 is 31.9. The fourth-order valence-electron chi connectivity index (χ4n) is 3.55. The molecule has 4 rings (SSSR count). The normalized spacial score (nSPS) is 11.0. The Bertz CT molecular complexity index is 1350. The average Bonchev–Trinajstić information content (AvgIpc) is 2.82. The minimum Gasteiger partial charge on any atom is -0.424 e. The van der Waals surface area contributed by atoms with Gasteiger partial charge in [0.25, 0.3) is 0 Å². The quantitative estimate of drug-likeness (QED) is 0.285. The number of ether oxygens (including phenoxy) is 1. The number of anilines is 1. The zero-order valence-corrected chi connectivity index (χ0v) is 19.1. The summed E-state index contributed by atoms with van der Waals surface area (Å²) in [6.07, 6.45) is 5.33. The fraction of sp³-hybridized carbons (Fsp3) is 0.217. The molecule has 0 fully saturated rings. The molecule has 2 N–H and O–H groups in total. The van der Waals surface area contributed by atoms with Crippen LogP contribution in [0.1, 0.15) is 29.2 Å². The lowest BCUT2D eigenvalue weighted by atomic mass is 9.96. The third kappa shape index (κ3) is 4.81. The third-order valence-electron chi connectivity index (χ3n) is 5.10. The Labute approximate surface area is 193 Å². The van der Waals surface area contributed by atoms with Crippen LogP contribution in [0.25, 0.3) is 11.0 Å². The standard InChI is InChI=1S/C23H22FN5O3S/c1-4-15-16-10-13(2)18(32-23-27-7-5-8-28-23)12-19(16)31-22(30)17(15)11-14-6-9-26-21(20(14)24)29-33-25-3/h5-10,12,25H,4,11H2,1-3H3,(H,26,29). The smallest absolute Gasteiger partial charge is 0.340 e. The molecule has 10 heteroatoms. The third-order valence-corrected chi connectivity index (χ3v) is 5.60. The first-order chi connectivity index (χ1) is 16.0. The average molecular weight is 468 g/mol. The van der Waals surface area contributed by atoms with Crippen LogP contribution in [0, 0.1) is 12.7 Å². The van der Waals surface area contributed by atoms with Crippen LogP contribution in [0.3, 0.4) is 0 Å². The van der Waals surface area contributed by atoms with E-state index in [1.165, 1.54) is 6.20 Å². The minimum absolute atomic E-state index is 0.0872. The summed E-state index contributed by atoms with van der Waals surface area (Å²) in [5.74, 6) is 0.0741. The van der Waals surface area contributed by atoms with Crippen molar-refractivity contribution < 1.29 is 13.5 Å². The van der Waals surface area contributed by atoms with Gasteiger partial charge in [-0.1, -0.05) is 6.92 Å². The molecule has 0 radical (unpaired) electrons. The molecule has 0 saturated carbocycles. The molecule has 0 bridgehead atoms. The Morgan fingerprint density at radius 1 is 1.15 bits per heavy atom. The van der Waals surface area contributed by atoms with Crippen LogP contribution in [0.2, 0.25) is 0 Å². The van der Waals surface area contributed by atoms with E-state index in [4.69, 9.17) is 9.15 Å². The summed E-state index contributed by atoms with van der Waals surface area (Å²) in [5, 5.41) is 0.782. The highest BCUT2D eigenvalue weighted by molar-refractivity contribution is 7.98. The van der Waals surface area contributed by atoms with Crippen molar-refractivity contribution in [1.82, 2.24) is 19.7 Å². The monoisotopic (exact) mass is 467 g/mol. The van der Waals surface area contributed by atoms with Crippen molar-refractivity contribution in [1.29, 1.82) is 0 Å². The first-order valence-corrected chi connectivity index (χ1v) is 11.1. The molecular formula is C23H22FN5O3S. The maximum absolute atomic E-state index is 15.0. The summed E-state index contributed by atoms with van der Waals surface area (Å²) in [6.45, 7) is 3.84. The highest BCUT2D eigenvalue weighted by Crippen LogP contribution is 2.31. The molecule has 0 atom stereocenters. The Hall–Kier alpha value is -3.50. The second-order valence-corrected chi connectivity index (χ2v) is 7.98. The second-order valence-electron chi connectivity index (χ2n) is 7.17. The van der Waals surface area contributed by atoms with Gasteiger partial charge in [-0.25, -0.2) is 28.9 Å². The number of hydrogen-bond acceptors (Lipinski definition) is 9. The van der Waals surface area contributed by atoms with Gasteiger partial charge in [-0.2, -0.15) is 0 Å². The largest absolute Gasteiger partial charge is 0.424 e. The SMILES string of the molecule is CCc1c(Cc2ccnc(NSNC)c2F)c(=O)oc2cc(Oc3ncccn3)c(C)cc12. The molecule has 0 aliphatic heterocycles. The van der Waals surface area contributed by atoms with Crippen LogP contribution in [0.15, 0.2) is 52.1 Å². The summed E-state index contributed by atoms with van der Waals surface area (Å²) >= 11 is 1.10. The van der Waals surface area contributed by atoms with Gasteiger partial charge >= 0.3 is 11.6 Å². The number of aryl methyl sites for hydroxylation is 2. The lowest BCUT2D eigenvalue weighted by Gasteiger charge is -2.14. The highest BCUT2D eigenvalue weighted by Gasteiger charge is 2.19. The van der Waals surface area contributed by atoms with Gasteiger partial charge in [0, 0.05) is 54.2 Å². The zero-order valence-electron chi connectivity index (χ0n) is 18.3. The maximum atomic E-state index is 15.0. The summed E-state index contributed by atoms with van der Waals surface area (Å²) in [6, 6.07) is 7.02. The predicted octanol–water partition coefficient (Wildman–Crippen LogP) is 4.57. The molecular weight excluding hydrogens is 445 g/mol. The van der Waals surface area contributed by atoms with E-state index in [1.54, 1.807) is 37.6 Å². The summed E-state index contributed by atoms with van der Waals surface area (Å²) in [4.78, 5) is 25.1.